The number of nitrogens with zero attached hydrogens (tertiary/aromatic N) is 1. The van der Waals surface area contributed by atoms with Gasteiger partial charge in [-0.2, -0.15) is 0 Å². The number of fused-ring (bicyclic) bond motifs is 1. The Morgan fingerprint density at radius 2 is 1.85 bits per heavy atom. The topological polar surface area (TPSA) is 14.2 Å². The Kier molecular flexibility index (Phi) is 3.46. The van der Waals surface area contributed by atoms with E-state index in [1.807, 2.05) is 30.3 Å². The Hall–Kier alpha value is -2.22. The van der Waals surface area contributed by atoms with Crippen LogP contribution in [0.2, 0.25) is 0 Å². The summed E-state index contributed by atoms with van der Waals surface area (Å²) in [6.45, 7) is 5.88. The molecule has 20 heavy (non-hydrogen) atoms. The summed E-state index contributed by atoms with van der Waals surface area (Å²) >= 11 is 0. The molecule has 0 atom stereocenters. The summed E-state index contributed by atoms with van der Waals surface area (Å²) in [5.74, 6) is 0.914. The van der Waals surface area contributed by atoms with Crippen molar-refractivity contribution in [1.29, 1.82) is 0 Å². The minimum absolute atomic E-state index is 0.608. The molecule has 0 unspecified atom stereocenters. The molecule has 0 amide bonds. The highest BCUT2D eigenvalue weighted by molar-refractivity contribution is 5.84. The maximum Gasteiger partial charge on any atom is 0.119 e. The Morgan fingerprint density at radius 3 is 2.60 bits per heavy atom. The van der Waals surface area contributed by atoms with Crippen LogP contribution in [0.15, 0.2) is 54.7 Å². The van der Waals surface area contributed by atoms with E-state index in [0.717, 1.165) is 12.3 Å². The van der Waals surface area contributed by atoms with Gasteiger partial charge in [0.2, 0.25) is 0 Å². The van der Waals surface area contributed by atoms with Crippen LogP contribution in [0.25, 0.3) is 10.9 Å². The Bertz CT molecular complexity index is 713. The second-order valence-corrected chi connectivity index (χ2v) is 5.06. The fourth-order valence-corrected chi connectivity index (χ4v) is 2.54. The molecule has 1 heterocycles. The van der Waals surface area contributed by atoms with Gasteiger partial charge in [-0.3, -0.25) is 0 Å². The number of aryl methyl sites for hydroxylation is 2. The fraction of sp³-hybridized carbons (Fsp3) is 0.222. The fourth-order valence-electron chi connectivity index (χ4n) is 2.54. The van der Waals surface area contributed by atoms with E-state index in [1.54, 1.807) is 0 Å². The van der Waals surface area contributed by atoms with Gasteiger partial charge in [0, 0.05) is 29.2 Å². The number of rotatable bonds is 4. The second kappa shape index (κ2) is 5.41. The van der Waals surface area contributed by atoms with Crippen molar-refractivity contribution in [2.24, 2.45) is 0 Å². The van der Waals surface area contributed by atoms with E-state index in [1.165, 1.54) is 22.0 Å². The third kappa shape index (κ3) is 2.42. The number of benzene rings is 2. The molecule has 2 nitrogen and oxygen atoms in total. The third-order valence-electron chi connectivity index (χ3n) is 3.60. The summed E-state index contributed by atoms with van der Waals surface area (Å²) in [4.78, 5) is 0. The number of ether oxygens (including phenoxy) is 1. The first kappa shape index (κ1) is 12.8. The lowest BCUT2D eigenvalue weighted by Gasteiger charge is -2.05. The van der Waals surface area contributed by atoms with E-state index in [2.05, 4.69) is 42.8 Å². The van der Waals surface area contributed by atoms with Gasteiger partial charge in [-0.25, -0.2) is 0 Å². The van der Waals surface area contributed by atoms with Gasteiger partial charge in [0.15, 0.2) is 0 Å². The molecule has 0 aliphatic rings. The quantitative estimate of drug-likeness (QED) is 0.675. The lowest BCUT2D eigenvalue weighted by Crippen LogP contribution is -1.94. The van der Waals surface area contributed by atoms with E-state index in [0.29, 0.717) is 6.61 Å². The molecule has 0 radical (unpaired) electrons. The minimum Gasteiger partial charge on any atom is -0.489 e. The van der Waals surface area contributed by atoms with Crippen molar-refractivity contribution in [3.63, 3.8) is 0 Å². The molecule has 0 saturated carbocycles. The van der Waals surface area contributed by atoms with Crippen molar-refractivity contribution < 1.29 is 4.74 Å². The zero-order chi connectivity index (χ0) is 13.9. The minimum atomic E-state index is 0.608. The Balaban J connectivity index is 1.93. The summed E-state index contributed by atoms with van der Waals surface area (Å²) in [6.07, 6.45) is 2.20. The zero-order valence-electron chi connectivity index (χ0n) is 12.0. The van der Waals surface area contributed by atoms with Gasteiger partial charge in [-0.15, -0.1) is 0 Å². The Labute approximate surface area is 119 Å². The molecule has 0 bridgehead atoms. The predicted molar refractivity (Wildman–Crippen MR) is 83.1 cm³/mol. The van der Waals surface area contributed by atoms with Crippen molar-refractivity contribution >= 4 is 10.9 Å². The molecule has 3 aromatic rings. The number of aromatic nitrogens is 1. The van der Waals surface area contributed by atoms with Gasteiger partial charge in [0.1, 0.15) is 12.4 Å². The molecule has 0 N–H and O–H groups in total. The first-order chi connectivity index (χ1) is 9.78. The average molecular weight is 265 g/mol. The number of hydrogen-bond acceptors (Lipinski definition) is 1. The maximum absolute atomic E-state index is 5.88. The molecule has 0 fully saturated rings. The van der Waals surface area contributed by atoms with Gasteiger partial charge in [-0.1, -0.05) is 29.8 Å². The first-order valence-electron chi connectivity index (χ1n) is 7.04. The van der Waals surface area contributed by atoms with Crippen LogP contribution in [0.4, 0.5) is 0 Å². The summed E-state index contributed by atoms with van der Waals surface area (Å²) in [5.41, 5.74) is 3.81. The van der Waals surface area contributed by atoms with Crippen molar-refractivity contribution in [3.05, 3.63) is 65.9 Å². The SMILES string of the molecule is CCn1cc(COc2ccccc2)c2cc(C)ccc21. The first-order valence-corrected chi connectivity index (χ1v) is 7.04. The standard InChI is InChI=1S/C18H19NO/c1-3-19-12-15(13-20-16-7-5-4-6-8-16)17-11-14(2)9-10-18(17)19/h4-12H,3,13H2,1-2H3. The smallest absolute Gasteiger partial charge is 0.119 e. The third-order valence-corrected chi connectivity index (χ3v) is 3.60. The molecule has 2 heteroatoms. The van der Waals surface area contributed by atoms with E-state index >= 15 is 0 Å². The molecule has 0 aliphatic carbocycles. The van der Waals surface area contributed by atoms with Crippen LogP contribution in [0, 0.1) is 6.92 Å². The molecule has 3 rings (SSSR count). The van der Waals surface area contributed by atoms with Crippen LogP contribution in [0.3, 0.4) is 0 Å². The van der Waals surface area contributed by atoms with Gasteiger partial charge in [0.25, 0.3) is 0 Å². The normalized spacial score (nSPS) is 10.9. The molecule has 1 aromatic heterocycles. The number of para-hydroxylation sites is 1. The van der Waals surface area contributed by atoms with Gasteiger partial charge >= 0.3 is 0 Å². The Morgan fingerprint density at radius 1 is 1.05 bits per heavy atom. The van der Waals surface area contributed by atoms with Crippen molar-refractivity contribution in [2.45, 2.75) is 27.0 Å². The summed E-state index contributed by atoms with van der Waals surface area (Å²) in [6, 6.07) is 16.6. The van der Waals surface area contributed by atoms with Gasteiger partial charge in [0.05, 0.1) is 0 Å². The van der Waals surface area contributed by atoms with Crippen molar-refractivity contribution in [3.8, 4) is 5.75 Å². The summed E-state index contributed by atoms with van der Waals surface area (Å²) in [7, 11) is 0. The van der Waals surface area contributed by atoms with Gasteiger partial charge in [-0.05, 0) is 38.1 Å². The summed E-state index contributed by atoms with van der Waals surface area (Å²) < 4.78 is 8.16. The molecular formula is C18H19NO. The highest BCUT2D eigenvalue weighted by Gasteiger charge is 2.08. The van der Waals surface area contributed by atoms with Crippen LogP contribution >= 0.6 is 0 Å². The van der Waals surface area contributed by atoms with Crippen molar-refractivity contribution in [1.82, 2.24) is 4.57 Å². The lowest BCUT2D eigenvalue weighted by atomic mass is 10.1. The second-order valence-electron chi connectivity index (χ2n) is 5.06. The van der Waals surface area contributed by atoms with E-state index in [4.69, 9.17) is 4.74 Å². The van der Waals surface area contributed by atoms with Crippen LogP contribution in [-0.4, -0.2) is 4.57 Å². The molecule has 0 spiro atoms. The van der Waals surface area contributed by atoms with Crippen LogP contribution in [0.5, 0.6) is 5.75 Å². The zero-order valence-corrected chi connectivity index (χ0v) is 12.0. The largest absolute Gasteiger partial charge is 0.489 e. The number of hydrogen-bond donors (Lipinski definition) is 0. The highest BCUT2D eigenvalue weighted by Crippen LogP contribution is 2.24. The lowest BCUT2D eigenvalue weighted by molar-refractivity contribution is 0.307. The molecule has 0 aliphatic heterocycles. The molecule has 0 saturated heterocycles. The van der Waals surface area contributed by atoms with Crippen LogP contribution in [-0.2, 0) is 13.2 Å². The maximum atomic E-state index is 5.88. The molecule has 102 valence electrons. The highest BCUT2D eigenvalue weighted by atomic mass is 16.5. The summed E-state index contributed by atoms with van der Waals surface area (Å²) in [5, 5.41) is 1.29. The van der Waals surface area contributed by atoms with E-state index < -0.39 is 0 Å². The average Bonchev–Trinajstić information content (AvgIpc) is 2.83. The van der Waals surface area contributed by atoms with Crippen LogP contribution < -0.4 is 4.74 Å². The van der Waals surface area contributed by atoms with Gasteiger partial charge < -0.3 is 9.30 Å². The van der Waals surface area contributed by atoms with E-state index in [-0.39, 0.29) is 0 Å². The van der Waals surface area contributed by atoms with Crippen LogP contribution in [0.1, 0.15) is 18.1 Å². The van der Waals surface area contributed by atoms with E-state index in [9.17, 15) is 0 Å². The van der Waals surface area contributed by atoms with Crippen molar-refractivity contribution in [2.75, 3.05) is 0 Å². The monoisotopic (exact) mass is 265 g/mol. The predicted octanol–water partition coefficient (Wildman–Crippen LogP) is 4.55. The molecule has 2 aromatic carbocycles. The molecular weight excluding hydrogens is 246 g/mol.